The third kappa shape index (κ3) is 2.22. The van der Waals surface area contributed by atoms with E-state index in [0.29, 0.717) is 10.8 Å². The maximum atomic E-state index is 13.9. The van der Waals surface area contributed by atoms with Gasteiger partial charge in [0, 0.05) is 16.8 Å². The summed E-state index contributed by atoms with van der Waals surface area (Å²) in [6.45, 7) is -0.386. The Hall–Kier alpha value is -2.84. The average molecular weight is 284 g/mol. The highest BCUT2D eigenvalue weighted by atomic mass is 19.1. The molecule has 0 aliphatic carbocycles. The highest BCUT2D eigenvalue weighted by molar-refractivity contribution is 6.05. The Morgan fingerprint density at radius 1 is 1.14 bits per heavy atom. The lowest BCUT2D eigenvalue weighted by Crippen LogP contribution is -2.01. The van der Waals surface area contributed by atoms with Gasteiger partial charge in [0.1, 0.15) is 23.8 Å². The van der Waals surface area contributed by atoms with E-state index in [4.69, 9.17) is 9.52 Å². The van der Waals surface area contributed by atoms with Crippen molar-refractivity contribution in [2.45, 2.75) is 0 Å². The minimum Gasteiger partial charge on any atom is -0.508 e. The van der Waals surface area contributed by atoms with Crippen LogP contribution in [0.1, 0.15) is 5.56 Å². The highest BCUT2D eigenvalue weighted by Gasteiger charge is 2.11. The second-order valence-corrected chi connectivity index (χ2v) is 4.41. The normalized spacial score (nSPS) is 10.6. The molecule has 0 spiro atoms. The van der Waals surface area contributed by atoms with Gasteiger partial charge in [-0.3, -0.25) is 0 Å². The van der Waals surface area contributed by atoms with Crippen LogP contribution in [0.2, 0.25) is 0 Å². The van der Waals surface area contributed by atoms with Gasteiger partial charge in [-0.2, -0.15) is 0 Å². The van der Waals surface area contributed by atoms with Gasteiger partial charge in [-0.05, 0) is 24.3 Å². The number of hydrogen-bond acceptors (Lipinski definition) is 4. The Morgan fingerprint density at radius 3 is 2.71 bits per heavy atom. The van der Waals surface area contributed by atoms with Crippen LogP contribution in [0.25, 0.3) is 21.7 Å². The third-order valence-corrected chi connectivity index (χ3v) is 3.09. The minimum absolute atomic E-state index is 0.0348. The Labute approximate surface area is 118 Å². The summed E-state index contributed by atoms with van der Waals surface area (Å²) in [5.41, 5.74) is -0.402. The molecule has 4 nitrogen and oxygen atoms in total. The van der Waals surface area contributed by atoms with Gasteiger partial charge in [0.15, 0.2) is 0 Å². The third-order valence-electron chi connectivity index (χ3n) is 3.09. The van der Waals surface area contributed by atoms with Crippen molar-refractivity contribution < 1.29 is 19.0 Å². The van der Waals surface area contributed by atoms with Crippen molar-refractivity contribution in [1.82, 2.24) is 0 Å². The number of aliphatic hydroxyl groups is 1. The Kier molecular flexibility index (Phi) is 3.09. The van der Waals surface area contributed by atoms with Crippen molar-refractivity contribution in [2.24, 2.45) is 0 Å². The molecule has 1 heterocycles. The Morgan fingerprint density at radius 2 is 1.95 bits per heavy atom. The number of hydrogen-bond donors (Lipinski definition) is 2. The van der Waals surface area contributed by atoms with Gasteiger partial charge in [-0.25, -0.2) is 9.18 Å². The molecule has 0 radical (unpaired) electrons. The number of halogens is 1. The fraction of sp³-hybridized carbons (Fsp3) is 0.0625. The van der Waals surface area contributed by atoms with Gasteiger partial charge in [-0.1, -0.05) is 11.8 Å². The lowest BCUT2D eigenvalue weighted by atomic mass is 10.0. The summed E-state index contributed by atoms with van der Waals surface area (Å²) in [6.07, 6.45) is 0. The van der Waals surface area contributed by atoms with Gasteiger partial charge < -0.3 is 14.6 Å². The molecule has 0 saturated carbocycles. The monoisotopic (exact) mass is 284 g/mol. The molecule has 1 aromatic heterocycles. The van der Waals surface area contributed by atoms with Crippen molar-refractivity contribution in [2.75, 3.05) is 6.61 Å². The summed E-state index contributed by atoms with van der Waals surface area (Å²) in [7, 11) is 0. The number of phenolic OH excluding ortho intramolecular Hbond substituents is 1. The quantitative estimate of drug-likeness (QED) is 0.377. The molecule has 0 fully saturated rings. The van der Waals surface area contributed by atoms with Gasteiger partial charge >= 0.3 is 5.63 Å². The molecular weight excluding hydrogens is 275 g/mol. The summed E-state index contributed by atoms with van der Waals surface area (Å²) in [5, 5.41) is 19.3. The first-order chi connectivity index (χ1) is 10.1. The van der Waals surface area contributed by atoms with Crippen molar-refractivity contribution in [3.63, 3.8) is 0 Å². The summed E-state index contributed by atoms with van der Waals surface area (Å²) in [5.74, 6) is 4.17. The molecule has 104 valence electrons. The topological polar surface area (TPSA) is 70.7 Å². The molecule has 3 aromatic rings. The van der Waals surface area contributed by atoms with E-state index in [1.165, 1.54) is 18.2 Å². The number of phenols is 1. The average Bonchev–Trinajstić information content (AvgIpc) is 2.45. The predicted molar refractivity (Wildman–Crippen MR) is 75.6 cm³/mol. The van der Waals surface area contributed by atoms with Crippen molar-refractivity contribution in [3.8, 4) is 17.6 Å². The lowest BCUT2D eigenvalue weighted by Gasteiger charge is -2.04. The molecule has 0 atom stereocenters. The zero-order valence-electron chi connectivity index (χ0n) is 10.7. The largest absolute Gasteiger partial charge is 0.508 e. The number of rotatable bonds is 0. The summed E-state index contributed by atoms with van der Waals surface area (Å²) in [4.78, 5) is 11.9. The number of fused-ring (bicyclic) bond motifs is 3. The van der Waals surface area contributed by atoms with E-state index >= 15 is 0 Å². The van der Waals surface area contributed by atoms with E-state index in [2.05, 4.69) is 11.8 Å². The van der Waals surface area contributed by atoms with E-state index in [1.54, 1.807) is 6.07 Å². The maximum Gasteiger partial charge on any atom is 0.344 e. The molecule has 0 amide bonds. The molecule has 3 rings (SSSR count). The van der Waals surface area contributed by atoms with Gasteiger partial charge in [0.25, 0.3) is 0 Å². The van der Waals surface area contributed by atoms with E-state index in [9.17, 15) is 14.3 Å². The van der Waals surface area contributed by atoms with Gasteiger partial charge in [0.05, 0.1) is 10.9 Å². The highest BCUT2D eigenvalue weighted by Crippen LogP contribution is 2.27. The first kappa shape index (κ1) is 13.2. The molecular formula is C16H9FO4. The molecule has 0 unspecified atom stereocenters. The zero-order chi connectivity index (χ0) is 15.0. The van der Waals surface area contributed by atoms with Crippen LogP contribution in [0.3, 0.4) is 0 Å². The van der Waals surface area contributed by atoms with Crippen LogP contribution in [-0.2, 0) is 0 Å². The summed E-state index contributed by atoms with van der Waals surface area (Å²) in [6, 6.07) is 6.85. The molecule has 2 aromatic carbocycles. The Bertz CT molecular complexity index is 977. The Balaban J connectivity index is 2.46. The van der Waals surface area contributed by atoms with Crippen LogP contribution in [0, 0.1) is 17.7 Å². The molecule has 0 bridgehead atoms. The molecule has 0 saturated heterocycles. The van der Waals surface area contributed by atoms with Crippen molar-refractivity contribution in [1.29, 1.82) is 0 Å². The minimum atomic E-state index is -0.691. The fourth-order valence-corrected chi connectivity index (χ4v) is 2.17. The number of aromatic hydroxyl groups is 1. The van der Waals surface area contributed by atoms with Crippen LogP contribution >= 0.6 is 0 Å². The van der Waals surface area contributed by atoms with Crippen LogP contribution in [0.4, 0.5) is 4.39 Å². The van der Waals surface area contributed by atoms with Gasteiger partial charge in [-0.15, -0.1) is 0 Å². The number of aliphatic hydroxyl groups excluding tert-OH is 1. The second-order valence-electron chi connectivity index (χ2n) is 4.41. The van der Waals surface area contributed by atoms with Crippen LogP contribution in [0.15, 0.2) is 39.5 Å². The number of benzene rings is 2. The maximum absolute atomic E-state index is 13.9. The van der Waals surface area contributed by atoms with Crippen LogP contribution in [-0.4, -0.2) is 16.8 Å². The van der Waals surface area contributed by atoms with Crippen molar-refractivity contribution >= 4 is 21.7 Å². The fourth-order valence-electron chi connectivity index (χ4n) is 2.17. The lowest BCUT2D eigenvalue weighted by molar-refractivity contribution is 0.350. The summed E-state index contributed by atoms with van der Waals surface area (Å²) < 4.78 is 19.0. The van der Waals surface area contributed by atoms with Crippen LogP contribution in [0.5, 0.6) is 5.75 Å². The molecule has 21 heavy (non-hydrogen) atoms. The first-order valence-electron chi connectivity index (χ1n) is 6.09. The SMILES string of the molecule is O=c1oc2cc(O)ccc2c2cc(C#CCO)c(F)cc12. The molecule has 2 N–H and O–H groups in total. The standard InChI is InChI=1S/C16H9FO4/c17-14-8-13-12(6-9(14)2-1-5-18)11-4-3-10(19)7-15(11)21-16(13)20/h3-4,6-8,18-19H,5H2. The van der Waals surface area contributed by atoms with E-state index in [-0.39, 0.29) is 28.9 Å². The van der Waals surface area contributed by atoms with E-state index < -0.39 is 11.4 Å². The van der Waals surface area contributed by atoms with E-state index in [0.717, 1.165) is 6.07 Å². The molecule has 0 aliphatic rings. The van der Waals surface area contributed by atoms with E-state index in [1.807, 2.05) is 0 Å². The predicted octanol–water partition coefficient (Wildman–Crippen LogP) is 2.13. The first-order valence-corrected chi connectivity index (χ1v) is 6.09. The van der Waals surface area contributed by atoms with Crippen molar-refractivity contribution in [3.05, 3.63) is 52.1 Å². The molecule has 0 aliphatic heterocycles. The second kappa shape index (κ2) is 4.93. The van der Waals surface area contributed by atoms with Crippen LogP contribution < -0.4 is 5.63 Å². The smallest absolute Gasteiger partial charge is 0.344 e. The molecule has 5 heteroatoms. The zero-order valence-corrected chi connectivity index (χ0v) is 10.7. The van der Waals surface area contributed by atoms with Gasteiger partial charge in [0.2, 0.25) is 0 Å². The summed E-state index contributed by atoms with van der Waals surface area (Å²) >= 11 is 0.